The maximum Gasteiger partial charge on any atom is 0.321 e. The molecule has 0 aliphatic carbocycles. The van der Waals surface area contributed by atoms with Crippen molar-refractivity contribution in [1.29, 1.82) is 0 Å². The molecular weight excluding hydrogens is 757 g/mol. The molecule has 15 heteroatoms. The van der Waals surface area contributed by atoms with E-state index in [4.69, 9.17) is 4.74 Å². The number of fused-ring (bicyclic) bond motifs is 1. The monoisotopic (exact) mass is 802 g/mol. The number of rotatable bonds is 17. The minimum absolute atomic E-state index is 0.0302. The van der Waals surface area contributed by atoms with Crippen molar-refractivity contribution in [2.75, 3.05) is 36.8 Å². The molecule has 58 heavy (non-hydrogen) atoms. The quantitative estimate of drug-likeness (QED) is 0.0396. The number of carbonyl (C=O) groups excluding carboxylic acids is 5. The van der Waals surface area contributed by atoms with E-state index >= 15 is 0 Å². The highest BCUT2D eigenvalue weighted by Crippen LogP contribution is 2.35. The minimum Gasteiger partial charge on any atom is -0.427 e. The van der Waals surface area contributed by atoms with Gasteiger partial charge in [-0.15, -0.1) is 11.3 Å². The molecule has 0 atom stereocenters. The van der Waals surface area contributed by atoms with E-state index in [9.17, 15) is 24.0 Å². The molecule has 1 aliphatic rings. The second kappa shape index (κ2) is 19.1. The summed E-state index contributed by atoms with van der Waals surface area (Å²) in [5.41, 5.74) is 7.37. The summed E-state index contributed by atoms with van der Waals surface area (Å²) in [7, 11) is 0. The van der Waals surface area contributed by atoms with Crippen LogP contribution in [0.2, 0.25) is 0 Å². The lowest BCUT2D eigenvalue weighted by Gasteiger charge is -2.18. The number of amides is 4. The number of carbonyl (C=O) groups is 5. The van der Waals surface area contributed by atoms with E-state index in [0.717, 1.165) is 36.5 Å². The number of pyridine rings is 1. The highest BCUT2D eigenvalue weighted by atomic mass is 32.1. The Morgan fingerprint density at radius 1 is 0.948 bits per heavy atom. The number of urea groups is 1. The Kier molecular flexibility index (Phi) is 13.6. The third kappa shape index (κ3) is 10.5. The van der Waals surface area contributed by atoms with Crippen molar-refractivity contribution in [1.82, 2.24) is 30.5 Å². The SMILES string of the molecule is CCN(CC)CCNC(=O)c1c(C)[nH]c(/C=C2\C(=O)Nc3ccc(CC(=O)CCC(=O)Oc4cccc(CNC(=O)Nc5nc(-c6ccncc6)cs5)c4)cc32)c1C. The number of H-pyrrole nitrogens is 1. The van der Waals surface area contributed by atoms with Gasteiger partial charge in [0.05, 0.1) is 23.3 Å². The van der Waals surface area contributed by atoms with Gasteiger partial charge in [-0.05, 0) is 86.1 Å². The van der Waals surface area contributed by atoms with E-state index in [0.29, 0.717) is 62.3 Å². The van der Waals surface area contributed by atoms with Gasteiger partial charge in [-0.2, -0.15) is 0 Å². The minimum atomic E-state index is -0.563. The molecule has 14 nitrogen and oxygen atoms in total. The van der Waals surface area contributed by atoms with Gasteiger partial charge in [0, 0.05) is 78.5 Å². The number of ether oxygens (including phenoxy) is 1. The number of aromatic nitrogens is 3. The molecule has 6 rings (SSSR count). The molecule has 3 aromatic heterocycles. The average Bonchev–Trinajstić information content (AvgIpc) is 3.89. The van der Waals surface area contributed by atoms with Gasteiger partial charge in [0.25, 0.3) is 11.8 Å². The number of hydrogen-bond donors (Lipinski definition) is 5. The zero-order chi connectivity index (χ0) is 41.2. The van der Waals surface area contributed by atoms with Crippen molar-refractivity contribution < 1.29 is 28.7 Å². The van der Waals surface area contributed by atoms with E-state index in [1.165, 1.54) is 11.3 Å². The maximum absolute atomic E-state index is 13.1. The summed E-state index contributed by atoms with van der Waals surface area (Å²) >= 11 is 1.31. The first-order valence-electron chi connectivity index (χ1n) is 19.1. The molecule has 0 unspecified atom stereocenters. The zero-order valence-electron chi connectivity index (χ0n) is 32.9. The molecule has 5 aromatic rings. The number of aryl methyl sites for hydroxylation is 1. The molecule has 0 spiro atoms. The maximum atomic E-state index is 13.1. The van der Waals surface area contributed by atoms with Crippen molar-refractivity contribution in [3.63, 3.8) is 0 Å². The molecule has 4 heterocycles. The molecule has 0 fully saturated rings. The fourth-order valence-corrected chi connectivity index (χ4v) is 7.33. The fraction of sp³-hybridized carbons (Fsp3) is 0.279. The van der Waals surface area contributed by atoms with Crippen LogP contribution in [0.25, 0.3) is 22.9 Å². The van der Waals surface area contributed by atoms with E-state index in [-0.39, 0.29) is 43.4 Å². The van der Waals surface area contributed by atoms with Crippen LogP contribution in [0.1, 0.15) is 70.7 Å². The normalized spacial score (nSPS) is 12.6. The topological polar surface area (TPSA) is 188 Å². The van der Waals surface area contributed by atoms with Crippen LogP contribution in [0.5, 0.6) is 5.75 Å². The lowest BCUT2D eigenvalue weighted by atomic mass is 9.98. The summed E-state index contributed by atoms with van der Waals surface area (Å²) in [6.45, 7) is 11.1. The molecule has 4 amide bonds. The van der Waals surface area contributed by atoms with Gasteiger partial charge in [-0.3, -0.25) is 29.5 Å². The Balaban J connectivity index is 0.988. The zero-order valence-corrected chi connectivity index (χ0v) is 33.7. The van der Waals surface area contributed by atoms with Crippen LogP contribution in [0.15, 0.2) is 72.4 Å². The third-order valence-electron chi connectivity index (χ3n) is 9.76. The number of nitrogens with zero attached hydrogens (tertiary/aromatic N) is 3. The van der Waals surface area contributed by atoms with Crippen LogP contribution in [-0.4, -0.2) is 75.6 Å². The fourth-order valence-electron chi connectivity index (χ4n) is 6.62. The number of hydrogen-bond acceptors (Lipinski definition) is 10. The van der Waals surface area contributed by atoms with E-state index in [1.807, 2.05) is 31.4 Å². The third-order valence-corrected chi connectivity index (χ3v) is 10.5. The number of thiazole rings is 1. The van der Waals surface area contributed by atoms with Crippen LogP contribution in [0.3, 0.4) is 0 Å². The molecule has 300 valence electrons. The second-order valence-electron chi connectivity index (χ2n) is 13.8. The average molecular weight is 803 g/mol. The highest BCUT2D eigenvalue weighted by molar-refractivity contribution is 7.14. The van der Waals surface area contributed by atoms with Crippen molar-refractivity contribution in [3.05, 3.63) is 112 Å². The number of benzene rings is 2. The highest BCUT2D eigenvalue weighted by Gasteiger charge is 2.26. The Bertz CT molecular complexity index is 2350. The predicted molar refractivity (Wildman–Crippen MR) is 225 cm³/mol. The van der Waals surface area contributed by atoms with Gasteiger partial charge in [-0.1, -0.05) is 32.0 Å². The predicted octanol–water partition coefficient (Wildman–Crippen LogP) is 6.53. The standard InChI is InChI=1S/C43H46N8O6S/c1-5-51(6-2)19-18-45-41(55)39-26(3)36(47-27(39)4)23-34-33-22-28(10-12-35(33)48-40(34)54)20-31(52)11-13-38(53)57-32-9-7-8-29(21-32)24-46-42(56)50-43-49-37(25-58-43)30-14-16-44-17-15-30/h7-10,12,14-17,21-23,25,47H,5-6,11,13,18-20,24H2,1-4H3,(H,45,55)(H,48,54)(H2,46,49,50,56)/b34-23-. The molecule has 5 N–H and O–H groups in total. The van der Waals surface area contributed by atoms with Gasteiger partial charge in [0.2, 0.25) is 0 Å². The lowest BCUT2D eigenvalue weighted by molar-refractivity contribution is -0.136. The largest absolute Gasteiger partial charge is 0.427 e. The van der Waals surface area contributed by atoms with Gasteiger partial charge < -0.3 is 30.6 Å². The van der Waals surface area contributed by atoms with Crippen LogP contribution < -0.4 is 26.0 Å². The smallest absolute Gasteiger partial charge is 0.321 e. The van der Waals surface area contributed by atoms with Gasteiger partial charge in [0.1, 0.15) is 11.5 Å². The number of nitrogens with one attached hydrogen (secondary N) is 5. The number of Topliss-reactive ketones (excluding diaryl/α,β-unsaturated/α-hetero) is 1. The first kappa shape index (κ1) is 41.2. The van der Waals surface area contributed by atoms with Gasteiger partial charge in [0.15, 0.2) is 5.13 Å². The molecular formula is C43H46N8O6S. The lowest BCUT2D eigenvalue weighted by Crippen LogP contribution is -2.35. The number of esters is 1. The van der Waals surface area contributed by atoms with Crippen molar-refractivity contribution in [2.24, 2.45) is 0 Å². The summed E-state index contributed by atoms with van der Waals surface area (Å²) in [4.78, 5) is 78.4. The van der Waals surface area contributed by atoms with E-state index < -0.39 is 12.0 Å². The van der Waals surface area contributed by atoms with E-state index in [1.54, 1.807) is 60.9 Å². The van der Waals surface area contributed by atoms with Crippen LogP contribution in [0.4, 0.5) is 15.6 Å². The number of ketones is 1. The van der Waals surface area contributed by atoms with Crippen molar-refractivity contribution in [3.8, 4) is 17.0 Å². The van der Waals surface area contributed by atoms with Crippen LogP contribution in [-0.2, 0) is 27.3 Å². The second-order valence-corrected chi connectivity index (χ2v) is 14.6. The van der Waals surface area contributed by atoms with Crippen molar-refractivity contribution in [2.45, 2.75) is 53.5 Å². The molecule has 0 radical (unpaired) electrons. The number of anilines is 2. The van der Waals surface area contributed by atoms with Crippen LogP contribution in [0, 0.1) is 13.8 Å². The Labute approximate surface area is 340 Å². The summed E-state index contributed by atoms with van der Waals surface area (Å²) in [5, 5.41) is 13.7. The molecule has 1 aliphatic heterocycles. The van der Waals surface area contributed by atoms with E-state index in [2.05, 4.69) is 55.0 Å². The number of likely N-dealkylation sites (N-methyl/N-ethyl adjacent to an activating group) is 1. The number of aromatic amines is 1. The summed E-state index contributed by atoms with van der Waals surface area (Å²) < 4.78 is 5.50. The molecule has 0 saturated heterocycles. The Morgan fingerprint density at radius 3 is 2.52 bits per heavy atom. The first-order chi connectivity index (χ1) is 28.0. The first-order valence-corrected chi connectivity index (χ1v) is 20.0. The summed E-state index contributed by atoms with van der Waals surface area (Å²) in [6, 6.07) is 15.4. The summed E-state index contributed by atoms with van der Waals surface area (Å²) in [6.07, 6.45) is 5.01. The Morgan fingerprint density at radius 2 is 1.74 bits per heavy atom. The van der Waals surface area contributed by atoms with Crippen LogP contribution >= 0.6 is 11.3 Å². The molecule has 0 saturated carbocycles. The Hall–Kier alpha value is -6.45. The summed E-state index contributed by atoms with van der Waals surface area (Å²) in [5.74, 6) is -0.884. The molecule has 2 aromatic carbocycles. The van der Waals surface area contributed by atoms with Gasteiger partial charge >= 0.3 is 12.0 Å². The molecule has 0 bridgehead atoms. The van der Waals surface area contributed by atoms with Gasteiger partial charge in [-0.25, -0.2) is 9.78 Å². The van der Waals surface area contributed by atoms with Crippen molar-refractivity contribution >= 4 is 63.4 Å².